The van der Waals surface area contributed by atoms with E-state index in [4.69, 9.17) is 9.97 Å². The molecular weight excluding hydrogens is 560 g/mol. The Morgan fingerprint density at radius 3 is 1.37 bits per heavy atom. The van der Waals surface area contributed by atoms with Crippen molar-refractivity contribution in [1.82, 2.24) is 20.6 Å². The van der Waals surface area contributed by atoms with Gasteiger partial charge < -0.3 is 41.9 Å². The molecular formula is C32H26CuN8. The molecule has 205 valence electrons. The number of anilines is 4. The molecule has 2 aromatic carbocycles. The fraction of sp³-hybridized carbons (Fsp3) is 0.125. The first-order valence-corrected chi connectivity index (χ1v) is 13.7. The summed E-state index contributed by atoms with van der Waals surface area (Å²) in [5.41, 5.74) is 2.38. The van der Waals surface area contributed by atoms with E-state index >= 15 is 0 Å². The normalized spacial score (nSPS) is 25.0. The van der Waals surface area contributed by atoms with Gasteiger partial charge in [-0.15, -0.1) is 0 Å². The van der Waals surface area contributed by atoms with Gasteiger partial charge in [0.25, 0.3) is 0 Å². The van der Waals surface area contributed by atoms with Gasteiger partial charge in [0.05, 0.1) is 24.0 Å². The first-order chi connectivity index (χ1) is 19.8. The maximum atomic E-state index is 5.11. The Kier molecular flexibility index (Phi) is 5.38. The zero-order valence-corrected chi connectivity index (χ0v) is 22.7. The average Bonchev–Trinajstić information content (AvgIpc) is 3.73. The number of allylic oxidation sites excluding steroid dienone is 6. The number of nitrogens with one attached hydrogen (secondary N) is 6. The van der Waals surface area contributed by atoms with Crippen molar-refractivity contribution in [2.75, 3.05) is 21.3 Å². The molecule has 5 aliphatic rings. The number of hydrogen-bond donors (Lipinski definition) is 6. The standard InChI is InChI=1S/C32H26N8.Cu/c1-2-10-18-17(9-1)25-33-26(18)38-28-21-13-5-6-14-22(21)30(35-28)40-32-24-16-8-7-15-23(24)31(36-32)39-29-20-12-4-3-11-19(20)27(34-29)37-25;/h1-17,23,25,31,33,36-40H;/q-2;+2. The van der Waals surface area contributed by atoms with Crippen LogP contribution in [0.4, 0.5) is 23.3 Å². The predicted octanol–water partition coefficient (Wildman–Crippen LogP) is 5.03. The fourth-order valence-electron chi connectivity index (χ4n) is 6.52. The molecule has 9 heteroatoms. The summed E-state index contributed by atoms with van der Waals surface area (Å²) in [4.78, 5) is 10.2. The molecule has 0 spiro atoms. The molecule has 0 saturated carbocycles. The topological polar surface area (TPSA) is 100 Å². The number of aromatic nitrogens is 2. The molecule has 3 aliphatic heterocycles. The Bertz CT molecular complexity index is 1770. The fourth-order valence-corrected chi connectivity index (χ4v) is 6.52. The van der Waals surface area contributed by atoms with E-state index in [0.29, 0.717) is 0 Å². The van der Waals surface area contributed by atoms with Gasteiger partial charge in [-0.2, -0.15) is 0 Å². The van der Waals surface area contributed by atoms with E-state index in [1.807, 2.05) is 0 Å². The SMILES string of the molecule is C1=CC2=C3Nc4[n-]c(c5ccccc45)NC4=C5C=CC=CC5C(N4)Nc4[n-]c(c5ccccc45)NC(N3)C2C=C1.[Cu+2]. The minimum Gasteiger partial charge on any atom is -0.421 e. The second-order valence-electron chi connectivity index (χ2n) is 10.7. The van der Waals surface area contributed by atoms with Gasteiger partial charge in [-0.3, -0.25) is 0 Å². The van der Waals surface area contributed by atoms with Crippen molar-refractivity contribution >= 4 is 44.8 Å². The Balaban J connectivity index is 0.00000256. The molecule has 41 heavy (non-hydrogen) atoms. The molecule has 0 amide bonds. The summed E-state index contributed by atoms with van der Waals surface area (Å²) in [6.45, 7) is 0. The van der Waals surface area contributed by atoms with Gasteiger partial charge in [0.1, 0.15) is 0 Å². The van der Waals surface area contributed by atoms with Crippen molar-refractivity contribution in [2.45, 2.75) is 12.3 Å². The summed E-state index contributed by atoms with van der Waals surface area (Å²) in [7, 11) is 0. The van der Waals surface area contributed by atoms with Gasteiger partial charge in [-0.25, -0.2) is 0 Å². The molecule has 0 saturated heterocycles. The van der Waals surface area contributed by atoms with Crippen molar-refractivity contribution in [2.24, 2.45) is 11.8 Å². The number of benzene rings is 2. The Morgan fingerprint density at radius 1 is 0.488 bits per heavy atom. The summed E-state index contributed by atoms with van der Waals surface area (Å²) in [6, 6.07) is 16.7. The first-order valence-electron chi connectivity index (χ1n) is 13.7. The largest absolute Gasteiger partial charge is 2.00 e. The third kappa shape index (κ3) is 3.66. The van der Waals surface area contributed by atoms with Crippen molar-refractivity contribution in [3.63, 3.8) is 0 Å². The van der Waals surface area contributed by atoms with Crippen molar-refractivity contribution in [3.8, 4) is 0 Å². The molecule has 8 nitrogen and oxygen atoms in total. The van der Waals surface area contributed by atoms with Gasteiger partial charge in [0, 0.05) is 35.1 Å². The summed E-state index contributed by atoms with van der Waals surface area (Å²) in [5, 5.41) is 26.5. The van der Waals surface area contributed by atoms with Crippen LogP contribution < -0.4 is 41.9 Å². The monoisotopic (exact) mass is 585 g/mol. The summed E-state index contributed by atoms with van der Waals surface area (Å²) in [5.74, 6) is 5.51. The third-order valence-electron chi connectivity index (χ3n) is 8.42. The zero-order valence-electron chi connectivity index (χ0n) is 21.7. The van der Waals surface area contributed by atoms with Crippen LogP contribution in [0.25, 0.3) is 21.5 Å². The summed E-state index contributed by atoms with van der Waals surface area (Å²) in [6.07, 6.45) is 17.0. The molecule has 6 N–H and O–H groups in total. The molecule has 9 rings (SSSR count). The van der Waals surface area contributed by atoms with Crippen LogP contribution in [0.2, 0.25) is 0 Å². The number of rotatable bonds is 0. The van der Waals surface area contributed by atoms with Crippen LogP contribution in [-0.4, -0.2) is 12.3 Å². The van der Waals surface area contributed by atoms with Crippen LogP contribution in [0.3, 0.4) is 0 Å². The second-order valence-corrected chi connectivity index (χ2v) is 10.7. The number of nitrogens with zero attached hydrogens (tertiary/aromatic N) is 2. The number of fused-ring (bicyclic) bond motifs is 18. The molecule has 4 atom stereocenters. The zero-order chi connectivity index (χ0) is 26.2. The van der Waals surface area contributed by atoms with E-state index < -0.39 is 0 Å². The van der Waals surface area contributed by atoms with Gasteiger partial charge in [-0.1, -0.05) is 97.1 Å². The molecule has 2 aliphatic carbocycles. The minimum atomic E-state index is -0.0764. The van der Waals surface area contributed by atoms with Gasteiger partial charge in [-0.05, 0) is 32.7 Å². The van der Waals surface area contributed by atoms with E-state index in [-0.39, 0.29) is 41.2 Å². The predicted molar refractivity (Wildman–Crippen MR) is 160 cm³/mol. The van der Waals surface area contributed by atoms with E-state index in [9.17, 15) is 0 Å². The van der Waals surface area contributed by atoms with E-state index in [0.717, 1.165) is 56.5 Å². The first kappa shape index (κ1) is 24.1. The van der Waals surface area contributed by atoms with Crippen LogP contribution >= 0.6 is 0 Å². The maximum absolute atomic E-state index is 5.11. The summed E-state index contributed by atoms with van der Waals surface area (Å²) >= 11 is 0. The Labute approximate surface area is 247 Å². The van der Waals surface area contributed by atoms with Gasteiger partial charge in [0.15, 0.2) is 0 Å². The van der Waals surface area contributed by atoms with Crippen molar-refractivity contribution in [1.29, 1.82) is 0 Å². The number of hydrogen-bond acceptors (Lipinski definition) is 6. The maximum Gasteiger partial charge on any atom is 2.00 e. The van der Waals surface area contributed by atoms with Crippen molar-refractivity contribution < 1.29 is 17.1 Å². The average molecular weight is 586 g/mol. The molecule has 0 fully saturated rings. The molecule has 8 bridgehead atoms. The van der Waals surface area contributed by atoms with Gasteiger partial charge in [0.2, 0.25) is 0 Å². The summed E-state index contributed by atoms with van der Waals surface area (Å²) < 4.78 is 0. The molecule has 1 radical (unpaired) electrons. The van der Waals surface area contributed by atoms with Gasteiger partial charge >= 0.3 is 17.1 Å². The molecule has 4 aromatic rings. The van der Waals surface area contributed by atoms with Crippen LogP contribution in [0, 0.1) is 11.8 Å². The second kappa shape index (κ2) is 9.16. The smallest absolute Gasteiger partial charge is 0.421 e. The molecule has 4 unspecified atom stereocenters. The van der Waals surface area contributed by atoms with Crippen LogP contribution in [-0.2, 0) is 17.1 Å². The van der Waals surface area contributed by atoms with E-state index in [1.54, 1.807) is 0 Å². The van der Waals surface area contributed by atoms with E-state index in [1.165, 1.54) is 11.1 Å². The van der Waals surface area contributed by atoms with Crippen LogP contribution in [0.5, 0.6) is 0 Å². The van der Waals surface area contributed by atoms with Crippen molar-refractivity contribution in [3.05, 3.63) is 120 Å². The van der Waals surface area contributed by atoms with E-state index in [2.05, 4.69) is 129 Å². The Hall–Kier alpha value is -4.72. The Morgan fingerprint density at radius 2 is 0.902 bits per heavy atom. The quantitative estimate of drug-likeness (QED) is 0.160. The third-order valence-corrected chi connectivity index (χ3v) is 8.42. The molecule has 5 heterocycles. The van der Waals surface area contributed by atoms with Crippen LogP contribution in [0.1, 0.15) is 0 Å². The molecule has 2 aromatic heterocycles. The minimum absolute atomic E-state index is 0. The van der Waals surface area contributed by atoms with Crippen LogP contribution in [0.15, 0.2) is 120 Å².